The van der Waals surface area contributed by atoms with Crippen molar-refractivity contribution in [3.8, 4) is 0 Å². The molecule has 0 fully saturated rings. The van der Waals surface area contributed by atoms with Crippen molar-refractivity contribution < 1.29 is 9.90 Å². The average Bonchev–Trinajstić information content (AvgIpc) is 2.87. The number of aryl methyl sites for hydroxylation is 1. The average molecular weight is 326 g/mol. The highest BCUT2D eigenvalue weighted by atomic mass is 35.5. The summed E-state index contributed by atoms with van der Waals surface area (Å²) < 4.78 is 0. The monoisotopic (exact) mass is 325 g/mol. The SMILES string of the molecule is CCCc1nnc(NC(=O)CC(O)c2ccc(Cl)cc2)s1. The first kappa shape index (κ1) is 15.9. The van der Waals surface area contributed by atoms with Crippen LogP contribution in [-0.2, 0) is 11.2 Å². The van der Waals surface area contributed by atoms with Crippen molar-refractivity contribution >= 4 is 34.0 Å². The van der Waals surface area contributed by atoms with Crippen LogP contribution in [0.1, 0.15) is 36.4 Å². The Morgan fingerprint density at radius 2 is 2.10 bits per heavy atom. The third-order valence-electron chi connectivity index (χ3n) is 2.81. The molecular weight excluding hydrogens is 310 g/mol. The van der Waals surface area contributed by atoms with Crippen LogP contribution in [-0.4, -0.2) is 21.2 Å². The van der Waals surface area contributed by atoms with Crippen LogP contribution in [0.4, 0.5) is 5.13 Å². The number of rotatable bonds is 6. The maximum absolute atomic E-state index is 11.9. The molecule has 1 atom stereocenters. The summed E-state index contributed by atoms with van der Waals surface area (Å²) in [5, 5.41) is 22.5. The highest BCUT2D eigenvalue weighted by Crippen LogP contribution is 2.21. The number of carbonyl (C=O) groups excluding carboxylic acids is 1. The lowest BCUT2D eigenvalue weighted by molar-refractivity contribution is -0.118. The number of carbonyl (C=O) groups is 1. The summed E-state index contributed by atoms with van der Waals surface area (Å²) in [6.07, 6.45) is 0.925. The molecule has 0 saturated carbocycles. The van der Waals surface area contributed by atoms with Crippen LogP contribution < -0.4 is 5.32 Å². The minimum atomic E-state index is -0.870. The fourth-order valence-electron chi connectivity index (χ4n) is 1.77. The molecule has 1 aromatic heterocycles. The minimum Gasteiger partial charge on any atom is -0.388 e. The smallest absolute Gasteiger partial charge is 0.229 e. The Labute approximate surface area is 132 Å². The summed E-state index contributed by atoms with van der Waals surface area (Å²) >= 11 is 7.14. The van der Waals surface area contributed by atoms with Gasteiger partial charge in [0.05, 0.1) is 12.5 Å². The van der Waals surface area contributed by atoms with Gasteiger partial charge in [0, 0.05) is 11.4 Å². The maximum Gasteiger partial charge on any atom is 0.229 e. The molecule has 21 heavy (non-hydrogen) atoms. The molecule has 0 spiro atoms. The van der Waals surface area contributed by atoms with Gasteiger partial charge in [0.1, 0.15) is 5.01 Å². The van der Waals surface area contributed by atoms with Gasteiger partial charge in [-0.1, -0.05) is 42.0 Å². The predicted octanol–water partition coefficient (Wildman–Crippen LogP) is 3.21. The first-order valence-corrected chi connectivity index (χ1v) is 7.83. The molecule has 0 radical (unpaired) electrons. The number of hydrogen-bond donors (Lipinski definition) is 2. The lowest BCUT2D eigenvalue weighted by Crippen LogP contribution is -2.15. The number of nitrogens with one attached hydrogen (secondary N) is 1. The molecular formula is C14H16ClN3O2S. The Hall–Kier alpha value is -1.50. The Kier molecular flexibility index (Phi) is 5.67. The van der Waals surface area contributed by atoms with Crippen LogP contribution in [0.3, 0.4) is 0 Å². The second-order valence-corrected chi connectivity index (χ2v) is 6.07. The van der Waals surface area contributed by atoms with E-state index >= 15 is 0 Å². The number of aliphatic hydroxyl groups excluding tert-OH is 1. The Bertz CT molecular complexity index is 601. The van der Waals surface area contributed by atoms with E-state index in [2.05, 4.69) is 22.4 Å². The third kappa shape index (κ3) is 4.77. The number of aliphatic hydroxyl groups is 1. The Morgan fingerprint density at radius 1 is 1.38 bits per heavy atom. The van der Waals surface area contributed by atoms with Crippen molar-refractivity contribution in [2.45, 2.75) is 32.3 Å². The van der Waals surface area contributed by atoms with Gasteiger partial charge in [-0.05, 0) is 24.1 Å². The molecule has 2 aromatic rings. The van der Waals surface area contributed by atoms with Crippen molar-refractivity contribution in [3.05, 3.63) is 39.9 Å². The lowest BCUT2D eigenvalue weighted by atomic mass is 10.1. The van der Waals surface area contributed by atoms with Gasteiger partial charge in [-0.3, -0.25) is 4.79 Å². The van der Waals surface area contributed by atoms with Crippen LogP contribution >= 0.6 is 22.9 Å². The molecule has 112 valence electrons. The summed E-state index contributed by atoms with van der Waals surface area (Å²) in [7, 11) is 0. The molecule has 1 amide bonds. The van der Waals surface area contributed by atoms with Gasteiger partial charge >= 0.3 is 0 Å². The summed E-state index contributed by atoms with van der Waals surface area (Å²) in [6.45, 7) is 2.06. The fourth-order valence-corrected chi connectivity index (χ4v) is 2.75. The molecule has 7 heteroatoms. The highest BCUT2D eigenvalue weighted by Gasteiger charge is 2.14. The fraction of sp³-hybridized carbons (Fsp3) is 0.357. The van der Waals surface area contributed by atoms with Crippen LogP contribution in [0, 0.1) is 0 Å². The van der Waals surface area contributed by atoms with Gasteiger partial charge in [-0.15, -0.1) is 10.2 Å². The second-order valence-electron chi connectivity index (χ2n) is 4.57. The van der Waals surface area contributed by atoms with Crippen LogP contribution in [0.15, 0.2) is 24.3 Å². The molecule has 2 rings (SSSR count). The number of benzene rings is 1. The van der Waals surface area contributed by atoms with Crippen molar-refractivity contribution in [3.63, 3.8) is 0 Å². The van der Waals surface area contributed by atoms with Gasteiger partial charge in [-0.2, -0.15) is 0 Å². The van der Waals surface area contributed by atoms with E-state index in [1.807, 2.05) is 0 Å². The van der Waals surface area contributed by atoms with E-state index in [-0.39, 0.29) is 12.3 Å². The van der Waals surface area contributed by atoms with E-state index < -0.39 is 6.10 Å². The van der Waals surface area contributed by atoms with Gasteiger partial charge in [0.2, 0.25) is 11.0 Å². The number of nitrogens with zero attached hydrogens (tertiary/aromatic N) is 2. The number of amides is 1. The zero-order valence-electron chi connectivity index (χ0n) is 11.5. The number of aromatic nitrogens is 2. The van der Waals surface area contributed by atoms with E-state index in [0.717, 1.165) is 17.8 Å². The van der Waals surface area contributed by atoms with Crippen LogP contribution in [0.5, 0.6) is 0 Å². The molecule has 0 saturated heterocycles. The first-order chi connectivity index (χ1) is 10.1. The normalized spacial score (nSPS) is 12.1. The molecule has 0 aliphatic carbocycles. The van der Waals surface area contributed by atoms with Gasteiger partial charge < -0.3 is 10.4 Å². The Morgan fingerprint density at radius 3 is 2.76 bits per heavy atom. The molecule has 0 bridgehead atoms. The minimum absolute atomic E-state index is 0.0374. The van der Waals surface area contributed by atoms with Gasteiger partial charge in [0.25, 0.3) is 0 Å². The maximum atomic E-state index is 11.9. The quantitative estimate of drug-likeness (QED) is 0.855. The topological polar surface area (TPSA) is 75.1 Å². The predicted molar refractivity (Wildman–Crippen MR) is 83.6 cm³/mol. The van der Waals surface area contributed by atoms with Crippen LogP contribution in [0.2, 0.25) is 5.02 Å². The molecule has 1 unspecified atom stereocenters. The summed E-state index contributed by atoms with van der Waals surface area (Å²) in [5.41, 5.74) is 0.651. The number of anilines is 1. The Balaban J connectivity index is 1.89. The second kappa shape index (κ2) is 7.49. The third-order valence-corrected chi connectivity index (χ3v) is 3.96. The number of halogens is 1. The summed E-state index contributed by atoms with van der Waals surface area (Å²) in [4.78, 5) is 11.9. The van der Waals surface area contributed by atoms with E-state index in [4.69, 9.17) is 11.6 Å². The zero-order valence-corrected chi connectivity index (χ0v) is 13.1. The van der Waals surface area contributed by atoms with Crippen molar-refractivity contribution in [2.75, 3.05) is 5.32 Å². The van der Waals surface area contributed by atoms with E-state index in [1.54, 1.807) is 24.3 Å². The van der Waals surface area contributed by atoms with Gasteiger partial charge in [0.15, 0.2) is 0 Å². The molecule has 1 aromatic carbocycles. The molecule has 0 aliphatic heterocycles. The molecule has 0 aliphatic rings. The molecule has 1 heterocycles. The van der Waals surface area contributed by atoms with E-state index in [1.165, 1.54) is 11.3 Å². The van der Waals surface area contributed by atoms with E-state index in [9.17, 15) is 9.90 Å². The van der Waals surface area contributed by atoms with E-state index in [0.29, 0.717) is 15.7 Å². The van der Waals surface area contributed by atoms with Crippen molar-refractivity contribution in [1.29, 1.82) is 0 Å². The first-order valence-electron chi connectivity index (χ1n) is 6.64. The molecule has 2 N–H and O–H groups in total. The number of hydrogen-bond acceptors (Lipinski definition) is 5. The lowest BCUT2D eigenvalue weighted by Gasteiger charge is -2.10. The highest BCUT2D eigenvalue weighted by molar-refractivity contribution is 7.15. The standard InChI is InChI=1S/C14H16ClN3O2S/c1-2-3-13-17-18-14(21-13)16-12(20)8-11(19)9-4-6-10(15)7-5-9/h4-7,11,19H,2-3,8H2,1H3,(H,16,18,20). The van der Waals surface area contributed by atoms with Crippen molar-refractivity contribution in [1.82, 2.24) is 10.2 Å². The summed E-state index contributed by atoms with van der Waals surface area (Å²) in [6, 6.07) is 6.76. The van der Waals surface area contributed by atoms with Gasteiger partial charge in [-0.25, -0.2) is 0 Å². The summed E-state index contributed by atoms with van der Waals surface area (Å²) in [5.74, 6) is -0.295. The zero-order chi connectivity index (χ0) is 15.2. The van der Waals surface area contributed by atoms with Crippen molar-refractivity contribution in [2.24, 2.45) is 0 Å². The largest absolute Gasteiger partial charge is 0.388 e. The molecule has 5 nitrogen and oxygen atoms in total. The van der Waals surface area contributed by atoms with Crippen LogP contribution in [0.25, 0.3) is 0 Å².